The maximum atomic E-state index is 10.7. The first-order valence-corrected chi connectivity index (χ1v) is 9.17. The van der Waals surface area contributed by atoms with Crippen LogP contribution in [0.4, 0.5) is 0 Å². The van der Waals surface area contributed by atoms with Crippen molar-refractivity contribution in [3.63, 3.8) is 0 Å². The summed E-state index contributed by atoms with van der Waals surface area (Å²) in [6.07, 6.45) is 12.3. The van der Waals surface area contributed by atoms with Crippen LogP contribution in [0.5, 0.6) is 0 Å². The molecule has 2 atom stereocenters. The van der Waals surface area contributed by atoms with Crippen molar-refractivity contribution in [1.29, 1.82) is 0 Å². The molecule has 1 N–H and O–H groups in total. The van der Waals surface area contributed by atoms with Gasteiger partial charge < -0.3 is 9.84 Å². The van der Waals surface area contributed by atoms with Crippen molar-refractivity contribution in [3.8, 4) is 0 Å². The summed E-state index contributed by atoms with van der Waals surface area (Å²) in [5, 5.41) is 10.7. The van der Waals surface area contributed by atoms with Crippen LogP contribution in [0.15, 0.2) is 30.3 Å². The second-order valence-corrected chi connectivity index (χ2v) is 6.66. The van der Waals surface area contributed by atoms with Gasteiger partial charge in [-0.3, -0.25) is 0 Å². The van der Waals surface area contributed by atoms with Gasteiger partial charge in [-0.25, -0.2) is 0 Å². The van der Waals surface area contributed by atoms with Crippen LogP contribution >= 0.6 is 0 Å². The molecular weight excluding hydrogens is 272 g/mol. The lowest BCUT2D eigenvalue weighted by Crippen LogP contribution is -2.50. The zero-order valence-corrected chi connectivity index (χ0v) is 14.1. The molecule has 1 aromatic carbocycles. The molecule has 0 aliphatic heterocycles. The molecule has 124 valence electrons. The maximum Gasteiger partial charge on any atom is 0.116 e. The summed E-state index contributed by atoms with van der Waals surface area (Å²) in [6, 6.07) is 9.97. The van der Waals surface area contributed by atoms with Crippen LogP contribution in [0.2, 0.25) is 0 Å². The van der Waals surface area contributed by atoms with E-state index in [0.717, 1.165) is 31.4 Å². The fourth-order valence-electron chi connectivity index (χ4n) is 3.28. The first-order chi connectivity index (χ1) is 10.8. The average molecular weight is 304 g/mol. The molecule has 0 saturated heterocycles. The van der Waals surface area contributed by atoms with Crippen molar-refractivity contribution in [2.45, 2.75) is 82.8 Å². The van der Waals surface area contributed by atoms with E-state index >= 15 is 0 Å². The van der Waals surface area contributed by atoms with Crippen molar-refractivity contribution in [3.05, 3.63) is 35.9 Å². The highest BCUT2D eigenvalue weighted by Crippen LogP contribution is 2.43. The van der Waals surface area contributed by atoms with Crippen LogP contribution in [0.3, 0.4) is 0 Å². The Morgan fingerprint density at radius 1 is 1.00 bits per heavy atom. The lowest BCUT2D eigenvalue weighted by atomic mass is 9.72. The summed E-state index contributed by atoms with van der Waals surface area (Å²) in [4.78, 5) is 0. The van der Waals surface area contributed by atoms with Crippen LogP contribution in [0.1, 0.15) is 76.7 Å². The van der Waals surface area contributed by atoms with Gasteiger partial charge in [-0.15, -0.1) is 0 Å². The molecule has 2 rings (SSSR count). The minimum absolute atomic E-state index is 0.0144. The topological polar surface area (TPSA) is 29.5 Å². The van der Waals surface area contributed by atoms with Gasteiger partial charge in [-0.1, -0.05) is 82.2 Å². The Morgan fingerprint density at radius 2 is 1.64 bits per heavy atom. The van der Waals surface area contributed by atoms with E-state index in [1.165, 1.54) is 44.9 Å². The van der Waals surface area contributed by atoms with Crippen LogP contribution in [0.25, 0.3) is 0 Å². The van der Waals surface area contributed by atoms with Gasteiger partial charge in [0, 0.05) is 6.61 Å². The van der Waals surface area contributed by atoms with Gasteiger partial charge in [0.25, 0.3) is 0 Å². The Morgan fingerprint density at radius 3 is 2.23 bits per heavy atom. The predicted molar refractivity (Wildman–Crippen MR) is 91.9 cm³/mol. The highest BCUT2D eigenvalue weighted by atomic mass is 16.5. The first kappa shape index (κ1) is 17.5. The molecule has 1 saturated carbocycles. The van der Waals surface area contributed by atoms with Crippen LogP contribution in [-0.4, -0.2) is 17.8 Å². The number of benzene rings is 1. The SMILES string of the molecule is CCCCCCCCCCOC1CCC1(O)c1ccccc1. The monoisotopic (exact) mass is 304 g/mol. The van der Waals surface area contributed by atoms with Crippen molar-refractivity contribution in [2.24, 2.45) is 0 Å². The normalized spacial score (nSPS) is 24.2. The van der Waals surface area contributed by atoms with E-state index in [2.05, 4.69) is 6.92 Å². The number of aliphatic hydroxyl groups is 1. The van der Waals surface area contributed by atoms with E-state index in [-0.39, 0.29) is 6.10 Å². The van der Waals surface area contributed by atoms with Gasteiger partial charge in [0.15, 0.2) is 0 Å². The largest absolute Gasteiger partial charge is 0.382 e. The molecule has 2 unspecified atom stereocenters. The summed E-state index contributed by atoms with van der Waals surface area (Å²) in [7, 11) is 0. The third kappa shape index (κ3) is 4.82. The van der Waals surface area contributed by atoms with Crippen LogP contribution in [0, 0.1) is 0 Å². The summed E-state index contributed by atoms with van der Waals surface area (Å²) >= 11 is 0. The Bertz CT molecular complexity index is 403. The van der Waals surface area contributed by atoms with E-state index in [1.54, 1.807) is 0 Å². The first-order valence-electron chi connectivity index (χ1n) is 9.17. The van der Waals surface area contributed by atoms with E-state index in [4.69, 9.17) is 4.74 Å². The van der Waals surface area contributed by atoms with Crippen molar-refractivity contribution in [1.82, 2.24) is 0 Å². The average Bonchev–Trinajstić information content (AvgIpc) is 2.55. The molecule has 22 heavy (non-hydrogen) atoms. The third-order valence-electron chi connectivity index (χ3n) is 4.91. The molecule has 0 radical (unpaired) electrons. The Hall–Kier alpha value is -0.860. The van der Waals surface area contributed by atoms with Gasteiger partial charge >= 0.3 is 0 Å². The smallest absolute Gasteiger partial charge is 0.116 e. The van der Waals surface area contributed by atoms with E-state index in [1.807, 2.05) is 30.3 Å². The number of unbranched alkanes of at least 4 members (excludes halogenated alkanes) is 7. The zero-order chi connectivity index (χ0) is 15.7. The van der Waals surface area contributed by atoms with Crippen molar-refractivity contribution < 1.29 is 9.84 Å². The summed E-state index contributed by atoms with van der Waals surface area (Å²) in [5.41, 5.74) is 0.253. The molecule has 1 aliphatic rings. The van der Waals surface area contributed by atoms with Gasteiger partial charge in [0.05, 0.1) is 6.10 Å². The number of rotatable bonds is 11. The fourth-order valence-corrected chi connectivity index (χ4v) is 3.28. The molecule has 0 bridgehead atoms. The van der Waals surface area contributed by atoms with E-state index in [0.29, 0.717) is 0 Å². The lowest BCUT2D eigenvalue weighted by Gasteiger charge is -2.45. The highest BCUT2D eigenvalue weighted by Gasteiger charge is 2.47. The highest BCUT2D eigenvalue weighted by molar-refractivity contribution is 5.26. The molecule has 1 aromatic rings. The van der Waals surface area contributed by atoms with Crippen molar-refractivity contribution in [2.75, 3.05) is 6.61 Å². The van der Waals surface area contributed by atoms with Gasteiger partial charge in [-0.05, 0) is 24.8 Å². The molecule has 0 spiro atoms. The van der Waals surface area contributed by atoms with Gasteiger partial charge in [-0.2, -0.15) is 0 Å². The minimum atomic E-state index is -0.749. The van der Waals surface area contributed by atoms with Crippen molar-refractivity contribution >= 4 is 0 Å². The molecule has 2 heteroatoms. The molecule has 0 aromatic heterocycles. The summed E-state index contributed by atoms with van der Waals surface area (Å²) in [6.45, 7) is 3.04. The van der Waals surface area contributed by atoms with E-state index < -0.39 is 5.60 Å². The third-order valence-corrected chi connectivity index (χ3v) is 4.91. The fraction of sp³-hybridized carbons (Fsp3) is 0.700. The number of hydrogen-bond acceptors (Lipinski definition) is 2. The second kappa shape index (κ2) is 9.32. The second-order valence-electron chi connectivity index (χ2n) is 6.66. The van der Waals surface area contributed by atoms with Crippen LogP contribution < -0.4 is 0 Å². The minimum Gasteiger partial charge on any atom is -0.382 e. The molecule has 0 heterocycles. The predicted octanol–water partition coefficient (Wildman–Crippen LogP) is 5.19. The van der Waals surface area contributed by atoms with Gasteiger partial charge in [0.1, 0.15) is 5.60 Å². The standard InChI is InChI=1S/C20H32O2/c1-2-3-4-5-6-7-8-12-17-22-19-15-16-20(19,21)18-13-10-9-11-14-18/h9-11,13-14,19,21H,2-8,12,15-17H2,1H3. The Kier molecular flexibility index (Phi) is 7.41. The van der Waals surface area contributed by atoms with Crippen LogP contribution in [-0.2, 0) is 10.3 Å². The Balaban J connectivity index is 1.56. The quantitative estimate of drug-likeness (QED) is 0.570. The summed E-state index contributed by atoms with van der Waals surface area (Å²) < 4.78 is 5.94. The lowest BCUT2D eigenvalue weighted by molar-refractivity contribution is -0.179. The summed E-state index contributed by atoms with van der Waals surface area (Å²) in [5.74, 6) is 0. The molecule has 1 fully saturated rings. The van der Waals surface area contributed by atoms with Gasteiger partial charge in [0.2, 0.25) is 0 Å². The molecule has 2 nitrogen and oxygen atoms in total. The number of ether oxygens (including phenoxy) is 1. The molecule has 1 aliphatic carbocycles. The number of hydrogen-bond donors (Lipinski definition) is 1. The van der Waals surface area contributed by atoms with E-state index in [9.17, 15) is 5.11 Å². The zero-order valence-electron chi connectivity index (χ0n) is 14.1. The molecular formula is C20H32O2. The maximum absolute atomic E-state index is 10.7. The Labute approximate surface area is 135 Å². The molecule has 0 amide bonds.